The van der Waals surface area contributed by atoms with Crippen LogP contribution in [0.5, 0.6) is 0 Å². The highest BCUT2D eigenvalue weighted by Crippen LogP contribution is 2.13. The van der Waals surface area contributed by atoms with Crippen molar-refractivity contribution in [2.75, 3.05) is 19.5 Å². The van der Waals surface area contributed by atoms with E-state index < -0.39 is 11.9 Å². The highest BCUT2D eigenvalue weighted by molar-refractivity contribution is 6.12. The van der Waals surface area contributed by atoms with Crippen LogP contribution in [0.25, 0.3) is 0 Å². The Bertz CT molecular complexity index is 779. The van der Waals surface area contributed by atoms with Gasteiger partial charge in [-0.05, 0) is 24.9 Å². The van der Waals surface area contributed by atoms with E-state index in [0.717, 1.165) is 0 Å². The molecule has 0 radical (unpaired) electrons. The van der Waals surface area contributed by atoms with Crippen LogP contribution in [0.2, 0.25) is 0 Å². The number of aromatic amines is 1. The average molecular weight is 313 g/mol. The molecule has 1 aromatic carbocycles. The van der Waals surface area contributed by atoms with E-state index in [0.29, 0.717) is 11.5 Å². The molecule has 0 saturated heterocycles. The summed E-state index contributed by atoms with van der Waals surface area (Å²) in [4.78, 5) is 38.4. The number of amidine groups is 1. The molecule has 0 spiro atoms. The molecular weight excluding hydrogens is 298 g/mol. The Labute approximate surface area is 132 Å². The summed E-state index contributed by atoms with van der Waals surface area (Å²) in [6.07, 6.45) is 1.45. The number of anilines is 1. The smallest absolute Gasteiger partial charge is 0.337 e. The Hall–Kier alpha value is -3.29. The maximum absolute atomic E-state index is 12.3. The lowest BCUT2D eigenvalue weighted by atomic mass is 10.1. The summed E-state index contributed by atoms with van der Waals surface area (Å²) in [5.41, 5.74) is 0.943. The number of carbonyl (C=O) groups is 2. The van der Waals surface area contributed by atoms with Crippen LogP contribution in [0.4, 0.5) is 5.82 Å². The number of benzene rings is 1. The highest BCUT2D eigenvalue weighted by Gasteiger charge is 2.14. The summed E-state index contributed by atoms with van der Waals surface area (Å²) in [5, 5.41) is 2.85. The number of carbonyl (C=O) groups excluding carboxylic acids is 2. The van der Waals surface area contributed by atoms with Crippen LogP contribution in [0.1, 0.15) is 26.4 Å². The first-order valence-corrected chi connectivity index (χ1v) is 6.60. The minimum atomic E-state index is -0.560. The molecule has 2 aromatic rings. The summed E-state index contributed by atoms with van der Waals surface area (Å²) in [6.45, 7) is 3.42. The second-order valence-corrected chi connectivity index (χ2v) is 4.35. The minimum Gasteiger partial charge on any atom is -0.465 e. The molecule has 0 aliphatic heterocycles. The van der Waals surface area contributed by atoms with E-state index in [1.165, 1.54) is 19.5 Å². The Morgan fingerprint density at radius 3 is 2.74 bits per heavy atom. The van der Waals surface area contributed by atoms with Gasteiger partial charge in [-0.3, -0.25) is 4.79 Å². The molecule has 8 heteroatoms. The number of aromatic nitrogens is 2. The number of H-pyrrole nitrogens is 1. The zero-order chi connectivity index (χ0) is 16.8. The van der Waals surface area contributed by atoms with Crippen LogP contribution in [-0.4, -0.2) is 48.6 Å². The lowest BCUT2D eigenvalue weighted by Crippen LogP contribution is -2.08. The second-order valence-electron chi connectivity index (χ2n) is 4.35. The molecule has 1 aromatic heterocycles. The van der Waals surface area contributed by atoms with Crippen molar-refractivity contribution in [3.63, 3.8) is 0 Å². The number of esters is 1. The van der Waals surface area contributed by atoms with Crippen LogP contribution in [0, 0.1) is 0 Å². The zero-order valence-corrected chi connectivity index (χ0v) is 12.7. The molecule has 1 heterocycles. The molecule has 0 aliphatic rings. The molecule has 0 saturated carbocycles. The van der Waals surface area contributed by atoms with Crippen LogP contribution >= 0.6 is 0 Å². The Morgan fingerprint density at radius 2 is 2.09 bits per heavy atom. The largest absolute Gasteiger partial charge is 0.465 e. The Morgan fingerprint density at radius 1 is 1.35 bits per heavy atom. The third-order valence-corrected chi connectivity index (χ3v) is 2.99. The number of imidazole rings is 1. The number of hydrogen-bond donors (Lipinski definition) is 2. The molecule has 1 amide bonds. The highest BCUT2D eigenvalue weighted by atomic mass is 16.5. The van der Waals surface area contributed by atoms with E-state index in [4.69, 9.17) is 0 Å². The monoisotopic (exact) mass is 313 g/mol. The minimum absolute atomic E-state index is 0.0975. The predicted molar refractivity (Wildman–Crippen MR) is 86.3 cm³/mol. The average Bonchev–Trinajstić information content (AvgIpc) is 3.07. The lowest BCUT2D eigenvalue weighted by molar-refractivity contribution is 0.0600. The number of ether oxygens (including phenoxy) is 1. The van der Waals surface area contributed by atoms with Gasteiger partial charge < -0.3 is 15.0 Å². The standard InChI is InChI=1S/C15H15N5O3/c1-16-12-11(18-8-19-12)13(17-2)20-14(21)9-5-4-6-10(7-9)15(22)23-3/h4-8,16H,2H2,1,3H3,(H,18,19). The lowest BCUT2D eigenvalue weighted by Gasteiger charge is -2.03. The van der Waals surface area contributed by atoms with Crippen molar-refractivity contribution in [2.24, 2.45) is 9.98 Å². The fourth-order valence-corrected chi connectivity index (χ4v) is 1.88. The molecule has 0 unspecified atom stereocenters. The maximum atomic E-state index is 12.3. The summed E-state index contributed by atoms with van der Waals surface area (Å²) in [7, 11) is 2.95. The molecule has 23 heavy (non-hydrogen) atoms. The fraction of sp³-hybridized carbons (Fsp3) is 0.133. The first-order chi connectivity index (χ1) is 11.1. The molecule has 0 aliphatic carbocycles. The number of methoxy groups -OCH3 is 1. The predicted octanol–water partition coefficient (Wildman–Crippen LogP) is 1.53. The third-order valence-electron chi connectivity index (χ3n) is 2.99. The number of rotatable bonds is 4. The van der Waals surface area contributed by atoms with Gasteiger partial charge in [0.2, 0.25) is 0 Å². The molecule has 8 nitrogen and oxygen atoms in total. The molecule has 0 atom stereocenters. The summed E-state index contributed by atoms with van der Waals surface area (Å²) in [6, 6.07) is 6.08. The van der Waals surface area contributed by atoms with Gasteiger partial charge >= 0.3 is 5.97 Å². The first kappa shape index (κ1) is 16.1. The van der Waals surface area contributed by atoms with Crippen molar-refractivity contribution in [3.8, 4) is 0 Å². The van der Waals surface area contributed by atoms with Crippen molar-refractivity contribution in [1.82, 2.24) is 9.97 Å². The van der Waals surface area contributed by atoms with Crippen LogP contribution in [0.15, 0.2) is 40.6 Å². The number of nitrogens with one attached hydrogen (secondary N) is 2. The second kappa shape index (κ2) is 7.12. The SMILES string of the molecule is C=NC(=NC(=O)c1cccc(C(=O)OC)c1)c1[nH]cnc1NC. The van der Waals surface area contributed by atoms with Crippen LogP contribution in [0.3, 0.4) is 0 Å². The van der Waals surface area contributed by atoms with E-state index in [9.17, 15) is 9.59 Å². The summed E-state index contributed by atoms with van der Waals surface area (Å²) in [5.74, 6) is -0.501. The number of aliphatic imine (C=N–C) groups is 2. The summed E-state index contributed by atoms with van der Waals surface area (Å²) < 4.78 is 4.63. The third kappa shape index (κ3) is 3.49. The normalized spacial score (nSPS) is 11.0. The van der Waals surface area contributed by atoms with Gasteiger partial charge in [0.15, 0.2) is 11.7 Å². The van der Waals surface area contributed by atoms with Crippen molar-refractivity contribution in [2.45, 2.75) is 0 Å². The zero-order valence-electron chi connectivity index (χ0n) is 12.7. The first-order valence-electron chi connectivity index (χ1n) is 6.60. The van der Waals surface area contributed by atoms with Gasteiger partial charge in [0, 0.05) is 12.6 Å². The Kier molecular flexibility index (Phi) is 4.98. The van der Waals surface area contributed by atoms with E-state index in [2.05, 4.69) is 36.7 Å². The number of nitrogens with zero attached hydrogens (tertiary/aromatic N) is 3. The van der Waals surface area contributed by atoms with E-state index in [1.807, 2.05) is 0 Å². The van der Waals surface area contributed by atoms with Crippen molar-refractivity contribution in [3.05, 3.63) is 47.4 Å². The maximum Gasteiger partial charge on any atom is 0.337 e. The molecule has 118 valence electrons. The van der Waals surface area contributed by atoms with Gasteiger partial charge in [0.25, 0.3) is 5.91 Å². The van der Waals surface area contributed by atoms with Gasteiger partial charge in [-0.2, -0.15) is 4.99 Å². The molecule has 0 bridgehead atoms. The van der Waals surface area contributed by atoms with Gasteiger partial charge in [0.05, 0.1) is 19.0 Å². The topological polar surface area (TPSA) is 109 Å². The number of amides is 1. The van der Waals surface area contributed by atoms with Gasteiger partial charge in [0.1, 0.15) is 5.69 Å². The van der Waals surface area contributed by atoms with Gasteiger partial charge in [-0.15, -0.1) is 0 Å². The quantitative estimate of drug-likeness (QED) is 0.505. The van der Waals surface area contributed by atoms with Gasteiger partial charge in [-0.1, -0.05) is 6.07 Å². The Balaban J connectivity index is 2.36. The van der Waals surface area contributed by atoms with Crippen LogP contribution in [-0.2, 0) is 4.74 Å². The fourth-order valence-electron chi connectivity index (χ4n) is 1.88. The van der Waals surface area contributed by atoms with Crippen molar-refractivity contribution < 1.29 is 14.3 Å². The van der Waals surface area contributed by atoms with E-state index in [1.54, 1.807) is 25.2 Å². The summed E-state index contributed by atoms with van der Waals surface area (Å²) >= 11 is 0. The van der Waals surface area contributed by atoms with E-state index in [-0.39, 0.29) is 17.0 Å². The van der Waals surface area contributed by atoms with Crippen LogP contribution < -0.4 is 5.32 Å². The van der Waals surface area contributed by atoms with E-state index >= 15 is 0 Å². The molecule has 2 N–H and O–H groups in total. The van der Waals surface area contributed by atoms with Gasteiger partial charge in [-0.25, -0.2) is 14.8 Å². The molecule has 2 rings (SSSR count). The van der Waals surface area contributed by atoms with Crippen molar-refractivity contribution in [1.29, 1.82) is 0 Å². The molecule has 0 fully saturated rings. The van der Waals surface area contributed by atoms with Crippen molar-refractivity contribution >= 4 is 30.2 Å². The molecular formula is C15H15N5O3. The number of hydrogen-bond acceptors (Lipinski definition) is 5.